The number of ether oxygens (including phenoxy) is 1. The van der Waals surface area contributed by atoms with Crippen LogP contribution in [0.1, 0.15) is 30.9 Å². The van der Waals surface area contributed by atoms with Crippen molar-refractivity contribution in [1.82, 2.24) is 5.32 Å². The summed E-state index contributed by atoms with van der Waals surface area (Å²) >= 11 is 0. The Morgan fingerprint density at radius 2 is 1.89 bits per heavy atom. The smallest absolute Gasteiger partial charge is 0.119 e. The van der Waals surface area contributed by atoms with E-state index in [4.69, 9.17) is 9.84 Å². The first-order chi connectivity index (χ1) is 8.65. The molecule has 1 unspecified atom stereocenters. The minimum Gasteiger partial charge on any atom is -0.492 e. The average Bonchev–Trinajstić information content (AvgIpc) is 2.31. The van der Waals surface area contributed by atoms with E-state index in [2.05, 4.69) is 32.2 Å². The third-order valence-corrected chi connectivity index (χ3v) is 2.81. The fraction of sp³-hybridized carbons (Fsp3) is 0.600. The Morgan fingerprint density at radius 1 is 1.22 bits per heavy atom. The lowest BCUT2D eigenvalue weighted by molar-refractivity contribution is 0.213. The molecule has 1 aromatic rings. The van der Waals surface area contributed by atoms with Gasteiger partial charge in [0.1, 0.15) is 12.4 Å². The number of hydrogen-bond acceptors (Lipinski definition) is 3. The summed E-state index contributed by atoms with van der Waals surface area (Å²) in [7, 11) is 0. The molecule has 1 atom stereocenters. The van der Waals surface area contributed by atoms with Crippen LogP contribution in [0, 0.1) is 13.8 Å². The van der Waals surface area contributed by atoms with Crippen molar-refractivity contribution in [2.45, 2.75) is 39.7 Å². The zero-order chi connectivity index (χ0) is 13.4. The summed E-state index contributed by atoms with van der Waals surface area (Å²) in [6, 6.07) is 6.44. The number of aryl methyl sites for hydroxylation is 2. The first-order valence-corrected chi connectivity index (χ1v) is 6.71. The van der Waals surface area contributed by atoms with E-state index in [0.29, 0.717) is 6.61 Å². The van der Waals surface area contributed by atoms with Crippen LogP contribution < -0.4 is 10.1 Å². The molecule has 3 heteroatoms. The number of aliphatic hydroxyl groups is 1. The van der Waals surface area contributed by atoms with Gasteiger partial charge in [-0.25, -0.2) is 0 Å². The van der Waals surface area contributed by atoms with E-state index in [1.807, 2.05) is 12.1 Å². The SMILES string of the molecule is CCCNC(CCO)COc1cc(C)cc(C)c1. The van der Waals surface area contributed by atoms with Crippen LogP contribution in [0.15, 0.2) is 18.2 Å². The Labute approximate surface area is 110 Å². The summed E-state index contributed by atoms with van der Waals surface area (Å²) in [6.07, 6.45) is 1.82. The maximum Gasteiger partial charge on any atom is 0.119 e. The van der Waals surface area contributed by atoms with Gasteiger partial charge in [0.15, 0.2) is 0 Å². The Hall–Kier alpha value is -1.06. The van der Waals surface area contributed by atoms with Crippen LogP contribution in [-0.2, 0) is 0 Å². The van der Waals surface area contributed by atoms with E-state index >= 15 is 0 Å². The molecule has 1 aromatic carbocycles. The number of aliphatic hydroxyl groups excluding tert-OH is 1. The highest BCUT2D eigenvalue weighted by molar-refractivity contribution is 5.32. The minimum atomic E-state index is 0.192. The van der Waals surface area contributed by atoms with Crippen molar-refractivity contribution in [2.75, 3.05) is 19.8 Å². The summed E-state index contributed by atoms with van der Waals surface area (Å²) in [6.45, 7) is 8.02. The summed E-state index contributed by atoms with van der Waals surface area (Å²) in [5, 5.41) is 12.4. The molecule has 0 aromatic heterocycles. The van der Waals surface area contributed by atoms with Gasteiger partial charge in [-0.3, -0.25) is 0 Å². The molecule has 1 rings (SSSR count). The van der Waals surface area contributed by atoms with Gasteiger partial charge in [-0.05, 0) is 56.5 Å². The third kappa shape index (κ3) is 5.52. The van der Waals surface area contributed by atoms with Crippen molar-refractivity contribution in [3.8, 4) is 5.75 Å². The zero-order valence-electron chi connectivity index (χ0n) is 11.7. The summed E-state index contributed by atoms with van der Waals surface area (Å²) in [5.41, 5.74) is 2.43. The summed E-state index contributed by atoms with van der Waals surface area (Å²) in [5.74, 6) is 0.911. The second-order valence-electron chi connectivity index (χ2n) is 4.80. The molecule has 18 heavy (non-hydrogen) atoms. The van der Waals surface area contributed by atoms with Crippen molar-refractivity contribution in [3.05, 3.63) is 29.3 Å². The van der Waals surface area contributed by atoms with Crippen LogP contribution >= 0.6 is 0 Å². The van der Waals surface area contributed by atoms with Gasteiger partial charge in [-0.1, -0.05) is 13.0 Å². The molecule has 0 fully saturated rings. The molecule has 0 aliphatic heterocycles. The maximum atomic E-state index is 9.03. The van der Waals surface area contributed by atoms with Crippen molar-refractivity contribution in [3.63, 3.8) is 0 Å². The molecule has 2 N–H and O–H groups in total. The topological polar surface area (TPSA) is 41.5 Å². The summed E-state index contributed by atoms with van der Waals surface area (Å²) in [4.78, 5) is 0. The van der Waals surface area contributed by atoms with Crippen LogP contribution in [0.2, 0.25) is 0 Å². The fourth-order valence-corrected chi connectivity index (χ4v) is 1.96. The second-order valence-corrected chi connectivity index (χ2v) is 4.80. The highest BCUT2D eigenvalue weighted by atomic mass is 16.5. The maximum absolute atomic E-state index is 9.03. The van der Waals surface area contributed by atoms with E-state index in [1.165, 1.54) is 11.1 Å². The summed E-state index contributed by atoms with van der Waals surface area (Å²) < 4.78 is 5.81. The standard InChI is InChI=1S/C15H25NO2/c1-4-6-16-14(5-7-17)11-18-15-9-12(2)8-13(3)10-15/h8-10,14,16-17H,4-7,11H2,1-3H3. The lowest BCUT2D eigenvalue weighted by Crippen LogP contribution is -2.36. The number of benzene rings is 1. The molecular formula is C15H25NO2. The van der Waals surface area contributed by atoms with Gasteiger partial charge < -0.3 is 15.2 Å². The van der Waals surface area contributed by atoms with Crippen LogP contribution in [0.4, 0.5) is 0 Å². The van der Waals surface area contributed by atoms with Gasteiger partial charge in [0, 0.05) is 12.6 Å². The lowest BCUT2D eigenvalue weighted by Gasteiger charge is -2.18. The molecule has 102 valence electrons. The number of nitrogens with one attached hydrogen (secondary N) is 1. The lowest BCUT2D eigenvalue weighted by atomic mass is 10.1. The molecular weight excluding hydrogens is 226 g/mol. The molecule has 0 saturated carbocycles. The molecule has 0 bridgehead atoms. The van der Waals surface area contributed by atoms with Gasteiger partial charge >= 0.3 is 0 Å². The van der Waals surface area contributed by atoms with Crippen LogP contribution in [0.5, 0.6) is 5.75 Å². The van der Waals surface area contributed by atoms with E-state index in [1.54, 1.807) is 0 Å². The minimum absolute atomic E-state index is 0.192. The first-order valence-electron chi connectivity index (χ1n) is 6.71. The highest BCUT2D eigenvalue weighted by Crippen LogP contribution is 2.16. The quantitative estimate of drug-likeness (QED) is 0.745. The largest absolute Gasteiger partial charge is 0.492 e. The van der Waals surface area contributed by atoms with Crippen molar-refractivity contribution in [2.24, 2.45) is 0 Å². The Bertz CT molecular complexity index is 332. The number of hydrogen-bond donors (Lipinski definition) is 2. The van der Waals surface area contributed by atoms with Crippen molar-refractivity contribution < 1.29 is 9.84 Å². The average molecular weight is 251 g/mol. The van der Waals surface area contributed by atoms with E-state index < -0.39 is 0 Å². The van der Waals surface area contributed by atoms with Gasteiger partial charge in [0.2, 0.25) is 0 Å². The predicted molar refractivity (Wildman–Crippen MR) is 75.2 cm³/mol. The van der Waals surface area contributed by atoms with E-state index in [9.17, 15) is 0 Å². The van der Waals surface area contributed by atoms with Gasteiger partial charge in [-0.15, -0.1) is 0 Å². The molecule has 0 heterocycles. The van der Waals surface area contributed by atoms with Gasteiger partial charge in [0.05, 0.1) is 0 Å². The van der Waals surface area contributed by atoms with Crippen LogP contribution in [0.3, 0.4) is 0 Å². The van der Waals surface area contributed by atoms with Crippen molar-refractivity contribution in [1.29, 1.82) is 0 Å². The molecule has 3 nitrogen and oxygen atoms in total. The third-order valence-electron chi connectivity index (χ3n) is 2.81. The van der Waals surface area contributed by atoms with Gasteiger partial charge in [0.25, 0.3) is 0 Å². The molecule has 0 aliphatic carbocycles. The Balaban J connectivity index is 2.49. The van der Waals surface area contributed by atoms with Crippen LogP contribution in [-0.4, -0.2) is 30.9 Å². The monoisotopic (exact) mass is 251 g/mol. The predicted octanol–water partition coefficient (Wildman–Crippen LogP) is 2.43. The molecule has 0 saturated heterocycles. The van der Waals surface area contributed by atoms with Crippen molar-refractivity contribution >= 4 is 0 Å². The van der Waals surface area contributed by atoms with E-state index in [-0.39, 0.29) is 12.6 Å². The normalized spacial score (nSPS) is 12.4. The van der Waals surface area contributed by atoms with Crippen LogP contribution in [0.25, 0.3) is 0 Å². The molecule has 0 radical (unpaired) electrons. The second kappa shape index (κ2) is 8.11. The Kier molecular flexibility index (Phi) is 6.76. The fourth-order valence-electron chi connectivity index (χ4n) is 1.96. The van der Waals surface area contributed by atoms with Gasteiger partial charge in [-0.2, -0.15) is 0 Å². The van der Waals surface area contributed by atoms with E-state index in [0.717, 1.165) is 25.1 Å². The first kappa shape index (κ1) is 15.0. The molecule has 0 spiro atoms. The molecule has 0 amide bonds. The zero-order valence-corrected chi connectivity index (χ0v) is 11.7. The highest BCUT2D eigenvalue weighted by Gasteiger charge is 2.08. The Morgan fingerprint density at radius 3 is 2.44 bits per heavy atom. The molecule has 0 aliphatic rings. The number of rotatable bonds is 8.